The molecular weight excluding hydrogens is 954 g/mol. The summed E-state index contributed by atoms with van der Waals surface area (Å²) in [5.74, 6) is -70.9. The molecule has 0 fully saturated rings. The Morgan fingerprint density at radius 3 is 0.733 bits per heavy atom. The number of hydrogen-bond acceptors (Lipinski definition) is 1. The van der Waals surface area contributed by atoms with E-state index in [4.69, 9.17) is 34.8 Å². The lowest BCUT2D eigenvalue weighted by Gasteiger charge is -2.44. The zero-order chi connectivity index (χ0) is 46.0. The number of alkyl halides is 3. The van der Waals surface area contributed by atoms with E-state index in [1.54, 1.807) is 24.6 Å². The van der Waals surface area contributed by atoms with Crippen molar-refractivity contribution >= 4 is 72.7 Å². The van der Waals surface area contributed by atoms with E-state index in [-0.39, 0.29) is 0 Å². The predicted molar refractivity (Wildman–Crippen MR) is 179 cm³/mol. The fraction of sp³-hybridized carbons (Fsp3) is 0.118. The Morgan fingerprint density at radius 1 is 0.383 bits per heavy atom. The van der Waals surface area contributed by atoms with Crippen LogP contribution < -0.4 is 21.9 Å². The van der Waals surface area contributed by atoms with Crippen molar-refractivity contribution in [2.45, 2.75) is 9.55 Å². The van der Waals surface area contributed by atoms with Crippen molar-refractivity contribution in [3.8, 4) is 0 Å². The second-order valence-electron chi connectivity index (χ2n) is 12.6. The molecule has 0 unspecified atom stereocenters. The molecule has 0 saturated carbocycles. The molecule has 0 amide bonds. The van der Waals surface area contributed by atoms with E-state index in [0.29, 0.717) is 11.3 Å². The van der Waals surface area contributed by atoms with Crippen molar-refractivity contribution < 1.29 is 92.0 Å². The lowest BCUT2D eigenvalue weighted by atomic mass is 9.12. The van der Waals surface area contributed by atoms with E-state index < -0.39 is 158 Å². The summed E-state index contributed by atoms with van der Waals surface area (Å²) in [4.78, 5) is 0. The van der Waals surface area contributed by atoms with Crippen molar-refractivity contribution in [2.75, 3.05) is 12.5 Å². The first kappa shape index (κ1) is 48.5. The number of halogens is 23. The third kappa shape index (κ3) is 8.01. The molecule has 26 heteroatoms. The van der Waals surface area contributed by atoms with Gasteiger partial charge in [-0.2, -0.15) is 0 Å². The van der Waals surface area contributed by atoms with E-state index >= 15 is 35.1 Å². The molecule has 60 heavy (non-hydrogen) atoms. The van der Waals surface area contributed by atoms with Crippen molar-refractivity contribution in [1.82, 2.24) is 0 Å². The minimum atomic E-state index is -7.22. The highest BCUT2D eigenvalue weighted by molar-refractivity contribution is 8.00. The second kappa shape index (κ2) is 16.9. The van der Waals surface area contributed by atoms with Crippen LogP contribution in [0.3, 0.4) is 0 Å². The standard InChI is InChI=1S/C24BF20.C10H12Cl3OS/c26-5-1(6(27)14(35)21(42)13(5)34)25(2-7(28)15(36)22(43)16(37)8(2)29,3-9(30)17(38)23(44)18(39)10(3)31)4-11(32)19(40)24(45)20(41)12(4)33;1-15(2,14)7-8-3-5-9(6-4-8)10(11,12)13/h;3-6H,7H2,1-2H3/q-1;+1. The third-order valence-electron chi connectivity index (χ3n) is 8.50. The molecule has 0 atom stereocenters. The van der Waals surface area contributed by atoms with E-state index in [2.05, 4.69) is 0 Å². The quantitative estimate of drug-likeness (QED) is 0.0414. The molecule has 0 spiro atoms. The van der Waals surface area contributed by atoms with Gasteiger partial charge in [-0.25, -0.2) is 87.8 Å². The molecule has 5 aromatic rings. The molecule has 0 saturated heterocycles. The maximum Gasteiger partial charge on any atom is 0.216 e. The highest BCUT2D eigenvalue weighted by atomic mass is 35.6. The zero-order valence-electron chi connectivity index (χ0n) is 28.6. The van der Waals surface area contributed by atoms with Gasteiger partial charge in [-0.3, -0.25) is 0 Å². The van der Waals surface area contributed by atoms with Gasteiger partial charge in [0.15, 0.2) is 69.8 Å². The number of hydrogen-bond donors (Lipinski definition) is 0. The molecule has 0 aromatic heterocycles. The zero-order valence-corrected chi connectivity index (χ0v) is 31.7. The Morgan fingerprint density at radius 2 is 0.567 bits per heavy atom. The molecule has 0 N–H and O–H groups in total. The summed E-state index contributed by atoms with van der Waals surface area (Å²) in [6, 6.07) is 7.16. The third-order valence-corrected chi connectivity index (χ3v) is 10.2. The Kier molecular flexibility index (Phi) is 13.7. The fourth-order valence-corrected chi connectivity index (χ4v) is 7.44. The van der Waals surface area contributed by atoms with Crippen LogP contribution in [-0.2, 0) is 23.7 Å². The highest BCUT2D eigenvalue weighted by Crippen LogP contribution is 2.38. The molecule has 0 radical (unpaired) electrons. The first-order valence-electron chi connectivity index (χ1n) is 15.2. The molecule has 0 aliphatic rings. The number of benzene rings is 5. The smallest absolute Gasteiger partial charge is 0.207 e. The van der Waals surface area contributed by atoms with Crippen molar-refractivity contribution in [1.29, 1.82) is 0 Å². The van der Waals surface area contributed by atoms with Crippen molar-refractivity contribution in [3.05, 3.63) is 152 Å². The van der Waals surface area contributed by atoms with Crippen LogP contribution in [0.25, 0.3) is 0 Å². The molecule has 0 heterocycles. The Bertz CT molecular complexity index is 2230. The Hall–Kier alpha value is -4.22. The van der Waals surface area contributed by atoms with Crippen LogP contribution in [0.1, 0.15) is 11.1 Å². The van der Waals surface area contributed by atoms with Gasteiger partial charge in [0.05, 0.1) is 9.93 Å². The van der Waals surface area contributed by atoms with Gasteiger partial charge in [0.1, 0.15) is 70.9 Å². The average molecular weight is 966 g/mol. The normalized spacial score (nSPS) is 12.2. The van der Waals surface area contributed by atoms with Gasteiger partial charge >= 0.3 is 0 Å². The minimum absolute atomic E-state index is 0.549. The molecule has 5 rings (SSSR count). The van der Waals surface area contributed by atoms with E-state index in [1.807, 2.05) is 12.1 Å². The van der Waals surface area contributed by atoms with E-state index in [0.717, 1.165) is 5.56 Å². The van der Waals surface area contributed by atoms with Crippen LogP contribution in [0.15, 0.2) is 24.3 Å². The summed E-state index contributed by atoms with van der Waals surface area (Å²) in [6.45, 7) is 0. The molecule has 0 aliphatic carbocycles. The first-order valence-corrected chi connectivity index (χ1v) is 18.9. The van der Waals surface area contributed by atoms with Gasteiger partial charge in [-0.15, -0.1) is 26.1 Å². The largest absolute Gasteiger partial charge is 0.216 e. The SMILES string of the molecule is C[S+](C)(=O)Cc1ccc(C(Cl)(Cl)Cl)cc1.Fc1c(F)c(F)c([B-](c2c(F)c(F)c(F)c(F)c2F)(c2c(F)c(F)c(F)c(F)c2F)c2c(F)c(F)c(F)c(F)c2F)c(F)c1F. The van der Waals surface area contributed by atoms with Crippen LogP contribution in [0.5, 0.6) is 0 Å². The first-order chi connectivity index (χ1) is 27.4. The van der Waals surface area contributed by atoms with Gasteiger partial charge in [0.25, 0.3) is 0 Å². The molecular formula is C34H12BCl3F20OS. The monoisotopic (exact) mass is 964 g/mol. The van der Waals surface area contributed by atoms with Gasteiger partial charge in [-0.1, -0.05) is 59.1 Å². The summed E-state index contributed by atoms with van der Waals surface area (Å²) in [6.07, 6.45) is -3.75. The fourth-order valence-electron chi connectivity index (χ4n) is 6.07. The molecule has 0 aliphatic heterocycles. The topological polar surface area (TPSA) is 17.1 Å². The molecule has 0 bridgehead atoms. The van der Waals surface area contributed by atoms with Crippen LogP contribution in [0.4, 0.5) is 87.8 Å². The van der Waals surface area contributed by atoms with E-state index in [9.17, 15) is 56.9 Å². The lowest BCUT2D eigenvalue weighted by Crippen LogP contribution is -2.81. The molecule has 324 valence electrons. The van der Waals surface area contributed by atoms with Crippen LogP contribution >= 0.6 is 34.8 Å². The summed E-state index contributed by atoms with van der Waals surface area (Å²) < 4.78 is 304. The lowest BCUT2D eigenvalue weighted by molar-refractivity contribution is 0.378. The van der Waals surface area contributed by atoms with Crippen LogP contribution in [0, 0.1) is 116 Å². The van der Waals surface area contributed by atoms with Gasteiger partial charge in [0.2, 0.25) is 3.79 Å². The van der Waals surface area contributed by atoms with Crippen molar-refractivity contribution in [2.24, 2.45) is 0 Å². The molecule has 1 nitrogen and oxygen atoms in total. The summed E-state index contributed by atoms with van der Waals surface area (Å²) in [5, 5.41) is 0. The summed E-state index contributed by atoms with van der Waals surface area (Å²) in [7, 11) is -1.77. The Balaban J connectivity index is 0.000000445. The van der Waals surface area contributed by atoms with E-state index in [1.165, 1.54) is 0 Å². The maximum absolute atomic E-state index is 15.4. The van der Waals surface area contributed by atoms with Crippen molar-refractivity contribution in [3.63, 3.8) is 0 Å². The second-order valence-corrected chi connectivity index (χ2v) is 18.0. The number of rotatable bonds is 6. The minimum Gasteiger partial charge on any atom is -0.207 e. The van der Waals surface area contributed by atoms with Gasteiger partial charge in [0, 0.05) is 11.1 Å². The Labute approximate surface area is 337 Å². The van der Waals surface area contributed by atoms with Crippen LogP contribution in [-0.4, -0.2) is 18.7 Å². The van der Waals surface area contributed by atoms with Gasteiger partial charge < -0.3 is 0 Å². The highest BCUT2D eigenvalue weighted by Gasteiger charge is 2.52. The summed E-state index contributed by atoms with van der Waals surface area (Å²) >= 11 is 17.2. The molecule has 5 aromatic carbocycles. The predicted octanol–water partition coefficient (Wildman–Crippen LogP) is 9.62. The van der Waals surface area contributed by atoms with Gasteiger partial charge in [-0.05, 0) is 0 Å². The summed E-state index contributed by atoms with van der Waals surface area (Å²) in [5.41, 5.74) is -12.7. The maximum atomic E-state index is 15.4. The van der Waals surface area contributed by atoms with Crippen LogP contribution in [0.2, 0.25) is 0 Å². The average Bonchev–Trinajstić information content (AvgIpc) is 3.17.